The second-order valence-electron chi connectivity index (χ2n) is 7.34. The molecule has 1 heterocycles. The zero-order valence-electron chi connectivity index (χ0n) is 17.7. The normalized spacial score (nSPS) is 20.4. The second-order valence-corrected chi connectivity index (χ2v) is 11.7. The minimum absolute atomic E-state index is 0.00634. The van der Waals surface area contributed by atoms with Crippen molar-refractivity contribution < 1.29 is 31.0 Å². The topological polar surface area (TPSA) is 108 Å². The summed E-state index contributed by atoms with van der Waals surface area (Å²) >= 11 is 0. The molecule has 2 atom stereocenters. The summed E-state index contributed by atoms with van der Waals surface area (Å²) in [6, 6.07) is 11.1. The molecule has 3 rings (SSSR count). The van der Waals surface area contributed by atoms with Crippen LogP contribution in [0.5, 0.6) is 17.2 Å². The summed E-state index contributed by atoms with van der Waals surface area (Å²) in [4.78, 5) is 0.00634. The molecule has 1 N–H and O–H groups in total. The van der Waals surface area contributed by atoms with Gasteiger partial charge in [0.25, 0.3) is 0 Å². The molecule has 1 saturated heterocycles. The molecule has 1 fully saturated rings. The Balaban J connectivity index is 1.79. The van der Waals surface area contributed by atoms with Gasteiger partial charge in [0.1, 0.15) is 5.75 Å². The smallest absolute Gasteiger partial charge is 0.183 e. The fourth-order valence-corrected chi connectivity index (χ4v) is 8.44. The predicted octanol–water partition coefficient (Wildman–Crippen LogP) is 1.48. The molecule has 0 amide bonds. The van der Waals surface area contributed by atoms with E-state index in [9.17, 15) is 16.8 Å². The highest BCUT2D eigenvalue weighted by Crippen LogP contribution is 2.33. The van der Waals surface area contributed by atoms with Crippen molar-refractivity contribution in [2.45, 2.75) is 22.6 Å². The maximum Gasteiger partial charge on any atom is 0.183 e. The summed E-state index contributed by atoms with van der Waals surface area (Å²) in [5.74, 6) is 0.762. The third-order valence-corrected chi connectivity index (χ3v) is 9.49. The summed E-state index contributed by atoms with van der Waals surface area (Å²) in [7, 11) is -2.95. The van der Waals surface area contributed by atoms with Gasteiger partial charge in [-0.25, -0.2) is 16.8 Å². The zero-order chi connectivity index (χ0) is 22.6. The Bertz CT molecular complexity index is 1130. The van der Waals surface area contributed by atoms with Gasteiger partial charge in [0.2, 0.25) is 0 Å². The molecule has 2 aromatic carbocycles. The Morgan fingerprint density at radius 3 is 2.39 bits per heavy atom. The first-order valence-corrected chi connectivity index (χ1v) is 13.1. The van der Waals surface area contributed by atoms with Crippen LogP contribution in [0, 0.1) is 0 Å². The van der Waals surface area contributed by atoms with Gasteiger partial charge in [-0.3, -0.25) is 0 Å². The molecule has 0 saturated carbocycles. The molecule has 1 aliphatic rings. The third-order valence-electron chi connectivity index (χ3n) is 5.34. The van der Waals surface area contributed by atoms with Gasteiger partial charge >= 0.3 is 0 Å². The van der Waals surface area contributed by atoms with Crippen molar-refractivity contribution in [2.75, 3.05) is 39.4 Å². The van der Waals surface area contributed by atoms with E-state index in [1.165, 1.54) is 32.4 Å². The van der Waals surface area contributed by atoms with E-state index in [-0.39, 0.29) is 16.4 Å². The highest BCUT2D eigenvalue weighted by Gasteiger charge is 2.45. The molecule has 2 aromatic rings. The van der Waals surface area contributed by atoms with Crippen LogP contribution in [0.25, 0.3) is 0 Å². The summed E-state index contributed by atoms with van der Waals surface area (Å²) in [6.45, 7) is 0.436. The van der Waals surface area contributed by atoms with Crippen molar-refractivity contribution in [3.63, 3.8) is 0 Å². The molecule has 0 bridgehead atoms. The van der Waals surface area contributed by atoms with Crippen molar-refractivity contribution in [1.82, 2.24) is 5.32 Å². The number of benzene rings is 2. The quantitative estimate of drug-likeness (QED) is 0.589. The molecule has 0 unspecified atom stereocenters. The van der Waals surface area contributed by atoms with Gasteiger partial charge in [-0.15, -0.1) is 0 Å². The first-order chi connectivity index (χ1) is 14.7. The molecular weight excluding hydrogens is 442 g/mol. The summed E-state index contributed by atoms with van der Waals surface area (Å²) in [5, 5.41) is 2.06. The Labute approximate surface area is 183 Å². The largest absolute Gasteiger partial charge is 0.497 e. The van der Waals surface area contributed by atoms with Crippen LogP contribution < -0.4 is 19.5 Å². The summed E-state index contributed by atoms with van der Waals surface area (Å²) in [5.41, 5.74) is 1.01. The molecular formula is C21H27NO7S2. The number of methoxy groups -OCH3 is 3. The minimum atomic E-state index is -3.92. The molecule has 1 aliphatic heterocycles. The molecule has 0 spiro atoms. The first-order valence-electron chi connectivity index (χ1n) is 9.73. The first kappa shape index (κ1) is 23.4. The van der Waals surface area contributed by atoms with Crippen molar-refractivity contribution in [2.24, 2.45) is 0 Å². The average molecular weight is 470 g/mol. The van der Waals surface area contributed by atoms with E-state index < -0.39 is 36.7 Å². The van der Waals surface area contributed by atoms with Crippen LogP contribution in [0.2, 0.25) is 0 Å². The van der Waals surface area contributed by atoms with E-state index in [0.29, 0.717) is 18.7 Å². The van der Waals surface area contributed by atoms with Crippen molar-refractivity contribution >= 4 is 19.7 Å². The maximum atomic E-state index is 13.3. The number of hydrogen-bond donors (Lipinski definition) is 1. The zero-order valence-corrected chi connectivity index (χ0v) is 19.3. The van der Waals surface area contributed by atoms with Gasteiger partial charge < -0.3 is 19.5 Å². The molecule has 170 valence electrons. The van der Waals surface area contributed by atoms with E-state index in [1.54, 1.807) is 7.11 Å². The molecule has 0 aliphatic carbocycles. The Morgan fingerprint density at radius 2 is 1.71 bits per heavy atom. The maximum absolute atomic E-state index is 13.3. The number of rotatable bonds is 9. The van der Waals surface area contributed by atoms with Crippen LogP contribution >= 0.6 is 0 Å². The SMILES string of the molecule is COc1cccc(CCN[C@H]2CS(=O)(=O)C[C@@H]2S(=O)(=O)c2ccc(OC)c(OC)c2)c1. The molecule has 31 heavy (non-hydrogen) atoms. The fraction of sp³-hybridized carbons (Fsp3) is 0.429. The van der Waals surface area contributed by atoms with Crippen molar-refractivity contribution in [3.8, 4) is 17.2 Å². The van der Waals surface area contributed by atoms with Gasteiger partial charge in [0, 0.05) is 12.1 Å². The summed E-state index contributed by atoms with van der Waals surface area (Å²) < 4.78 is 66.8. The van der Waals surface area contributed by atoms with Crippen LogP contribution in [-0.2, 0) is 26.1 Å². The van der Waals surface area contributed by atoms with Gasteiger partial charge in [0.15, 0.2) is 31.2 Å². The van der Waals surface area contributed by atoms with Crippen LogP contribution in [0.15, 0.2) is 47.4 Å². The van der Waals surface area contributed by atoms with Gasteiger partial charge in [-0.05, 0) is 42.8 Å². The Hall–Kier alpha value is -2.30. The fourth-order valence-electron chi connectivity index (χ4n) is 3.71. The lowest BCUT2D eigenvalue weighted by atomic mass is 10.1. The predicted molar refractivity (Wildman–Crippen MR) is 118 cm³/mol. The van der Waals surface area contributed by atoms with E-state index in [4.69, 9.17) is 14.2 Å². The number of hydrogen-bond acceptors (Lipinski definition) is 8. The number of sulfone groups is 2. The van der Waals surface area contributed by atoms with Gasteiger partial charge in [-0.2, -0.15) is 0 Å². The third kappa shape index (κ3) is 5.31. The number of nitrogens with one attached hydrogen (secondary N) is 1. The van der Waals surface area contributed by atoms with E-state index in [2.05, 4.69) is 5.32 Å². The molecule has 0 radical (unpaired) electrons. The van der Waals surface area contributed by atoms with Gasteiger partial charge in [-0.1, -0.05) is 12.1 Å². The van der Waals surface area contributed by atoms with E-state index in [0.717, 1.165) is 11.3 Å². The van der Waals surface area contributed by atoms with Gasteiger partial charge in [0.05, 0.1) is 43.0 Å². The highest BCUT2D eigenvalue weighted by atomic mass is 32.2. The monoisotopic (exact) mass is 469 g/mol. The van der Waals surface area contributed by atoms with Crippen LogP contribution in [0.3, 0.4) is 0 Å². The van der Waals surface area contributed by atoms with E-state index >= 15 is 0 Å². The molecule has 8 nitrogen and oxygen atoms in total. The molecule has 10 heteroatoms. The lowest BCUT2D eigenvalue weighted by Crippen LogP contribution is -2.44. The lowest BCUT2D eigenvalue weighted by Gasteiger charge is -2.20. The van der Waals surface area contributed by atoms with Crippen molar-refractivity contribution in [1.29, 1.82) is 0 Å². The van der Waals surface area contributed by atoms with Crippen LogP contribution in [0.1, 0.15) is 5.56 Å². The standard InChI is InChI=1S/C21H27NO7S2/c1-27-16-6-4-5-15(11-16)9-10-22-18-13-30(23,24)14-21(18)31(25,26)17-7-8-19(28-2)20(12-17)29-3/h4-8,11-12,18,21-22H,9-10,13-14H2,1-3H3/t18-,21-/m0/s1. The lowest BCUT2D eigenvalue weighted by molar-refractivity contribution is 0.354. The van der Waals surface area contributed by atoms with Crippen LogP contribution in [0.4, 0.5) is 0 Å². The minimum Gasteiger partial charge on any atom is -0.497 e. The summed E-state index contributed by atoms with van der Waals surface area (Å²) in [6.07, 6.45) is 0.608. The van der Waals surface area contributed by atoms with Crippen LogP contribution in [-0.4, -0.2) is 67.5 Å². The Kier molecular flexibility index (Phi) is 7.13. The number of ether oxygens (including phenoxy) is 3. The van der Waals surface area contributed by atoms with E-state index in [1.807, 2.05) is 24.3 Å². The Morgan fingerprint density at radius 1 is 0.968 bits per heavy atom. The second kappa shape index (κ2) is 9.46. The molecule has 0 aromatic heterocycles. The average Bonchev–Trinajstić information content (AvgIpc) is 3.08. The van der Waals surface area contributed by atoms with Crippen molar-refractivity contribution in [3.05, 3.63) is 48.0 Å². The highest BCUT2D eigenvalue weighted by molar-refractivity contribution is 7.96.